The Hall–Kier alpha value is -1.84. The molecule has 0 bridgehead atoms. The van der Waals surface area contributed by atoms with Gasteiger partial charge in [0.05, 0.1) is 0 Å². The molecular weight excluding hydrogens is 230 g/mol. The van der Waals surface area contributed by atoms with Gasteiger partial charge >= 0.3 is 5.97 Å². The minimum absolute atomic E-state index is 0.0609. The van der Waals surface area contributed by atoms with Crippen LogP contribution in [0.3, 0.4) is 0 Å². The second-order valence-electron chi connectivity index (χ2n) is 4.75. The highest BCUT2D eigenvalue weighted by molar-refractivity contribution is 5.84. The fourth-order valence-corrected chi connectivity index (χ4v) is 2.27. The predicted molar refractivity (Wildman–Crippen MR) is 67.0 cm³/mol. The predicted octanol–water partition coefficient (Wildman–Crippen LogP) is 1.96. The zero-order valence-corrected chi connectivity index (χ0v) is 10.4. The summed E-state index contributed by atoms with van der Waals surface area (Å²) in [6.45, 7) is 2.38. The maximum absolute atomic E-state index is 11.8. The molecule has 1 atom stereocenters. The molecule has 4 nitrogen and oxygen atoms in total. The van der Waals surface area contributed by atoms with Gasteiger partial charge in [-0.05, 0) is 25.3 Å². The van der Waals surface area contributed by atoms with Crippen LogP contribution in [0, 0.1) is 6.92 Å². The monoisotopic (exact) mass is 247 g/mol. The Balaban J connectivity index is 2.15. The first-order chi connectivity index (χ1) is 8.58. The summed E-state index contributed by atoms with van der Waals surface area (Å²) in [4.78, 5) is 24.5. The number of amides is 1. The van der Waals surface area contributed by atoms with Crippen molar-refractivity contribution in [2.75, 3.05) is 0 Å². The molecular formula is C14H17NO3. The van der Waals surface area contributed by atoms with E-state index < -0.39 is 12.0 Å². The molecule has 0 aliphatic carbocycles. The number of carboxylic acids is 1. The summed E-state index contributed by atoms with van der Waals surface area (Å²) in [5.41, 5.74) is 2.13. The molecule has 4 heteroatoms. The highest BCUT2D eigenvalue weighted by Gasteiger charge is 2.32. The fraction of sp³-hybridized carbons (Fsp3) is 0.429. The average molecular weight is 247 g/mol. The Morgan fingerprint density at radius 1 is 1.39 bits per heavy atom. The highest BCUT2D eigenvalue weighted by Crippen LogP contribution is 2.21. The Morgan fingerprint density at radius 2 is 2.06 bits per heavy atom. The molecule has 0 spiro atoms. The van der Waals surface area contributed by atoms with Crippen LogP contribution in [0.1, 0.15) is 30.4 Å². The number of piperidine rings is 1. The van der Waals surface area contributed by atoms with Crippen molar-refractivity contribution in [1.29, 1.82) is 0 Å². The molecule has 0 radical (unpaired) electrons. The van der Waals surface area contributed by atoms with Crippen LogP contribution in [-0.4, -0.2) is 27.9 Å². The number of aliphatic carboxylic acids is 1. The number of likely N-dealkylation sites (tertiary alicyclic amines) is 1. The molecule has 1 N–H and O–H groups in total. The third-order valence-electron chi connectivity index (χ3n) is 3.32. The van der Waals surface area contributed by atoms with Gasteiger partial charge in [-0.1, -0.05) is 29.8 Å². The van der Waals surface area contributed by atoms with E-state index in [2.05, 4.69) is 0 Å². The number of hydrogen-bond acceptors (Lipinski definition) is 2. The van der Waals surface area contributed by atoms with Crippen LogP contribution in [0.5, 0.6) is 0 Å². The first-order valence-corrected chi connectivity index (χ1v) is 6.16. The molecule has 2 rings (SSSR count). The molecule has 1 fully saturated rings. The van der Waals surface area contributed by atoms with Crippen molar-refractivity contribution >= 4 is 11.9 Å². The molecule has 1 amide bonds. The summed E-state index contributed by atoms with van der Waals surface area (Å²) >= 11 is 0. The second-order valence-corrected chi connectivity index (χ2v) is 4.75. The minimum atomic E-state index is -0.907. The van der Waals surface area contributed by atoms with E-state index in [1.165, 1.54) is 4.90 Å². The molecule has 0 saturated carbocycles. The SMILES string of the molecule is Cc1ccc(CN2C(=O)CCC[C@H]2C(=O)O)cc1. The topological polar surface area (TPSA) is 57.6 Å². The van der Waals surface area contributed by atoms with Gasteiger partial charge in [0.2, 0.25) is 5.91 Å². The van der Waals surface area contributed by atoms with Gasteiger partial charge in [0.15, 0.2) is 0 Å². The molecule has 1 aliphatic heterocycles. The van der Waals surface area contributed by atoms with E-state index in [1.54, 1.807) is 0 Å². The van der Waals surface area contributed by atoms with Crippen molar-refractivity contribution in [3.05, 3.63) is 35.4 Å². The summed E-state index contributed by atoms with van der Waals surface area (Å²) in [6.07, 6.45) is 1.67. The first kappa shape index (κ1) is 12.6. The standard InChI is InChI=1S/C14H17NO3/c1-10-5-7-11(8-6-10)9-15-12(14(17)18)3-2-4-13(15)16/h5-8,12H,2-4,9H2,1H3,(H,17,18)/t12-/m0/s1. The van der Waals surface area contributed by atoms with E-state index in [4.69, 9.17) is 5.11 Å². The van der Waals surface area contributed by atoms with Crippen LogP contribution < -0.4 is 0 Å². The molecule has 1 aliphatic rings. The quantitative estimate of drug-likeness (QED) is 0.888. The maximum atomic E-state index is 11.8. The first-order valence-electron chi connectivity index (χ1n) is 6.16. The number of carbonyl (C=O) groups excluding carboxylic acids is 1. The fourth-order valence-electron chi connectivity index (χ4n) is 2.27. The number of benzene rings is 1. The molecule has 18 heavy (non-hydrogen) atoms. The molecule has 1 aromatic rings. The third-order valence-corrected chi connectivity index (χ3v) is 3.32. The smallest absolute Gasteiger partial charge is 0.326 e. The van der Waals surface area contributed by atoms with Gasteiger partial charge < -0.3 is 10.0 Å². The largest absolute Gasteiger partial charge is 0.480 e. The van der Waals surface area contributed by atoms with Gasteiger partial charge in [-0.3, -0.25) is 4.79 Å². The number of nitrogens with zero attached hydrogens (tertiary/aromatic N) is 1. The summed E-state index contributed by atoms with van der Waals surface area (Å²) in [5, 5.41) is 9.15. The third kappa shape index (κ3) is 2.70. The van der Waals surface area contributed by atoms with Crippen molar-refractivity contribution in [2.24, 2.45) is 0 Å². The maximum Gasteiger partial charge on any atom is 0.326 e. The number of carbonyl (C=O) groups is 2. The molecule has 1 heterocycles. The van der Waals surface area contributed by atoms with Crippen LogP contribution in [0.25, 0.3) is 0 Å². The van der Waals surface area contributed by atoms with E-state index in [0.29, 0.717) is 25.8 Å². The van der Waals surface area contributed by atoms with E-state index in [1.807, 2.05) is 31.2 Å². The van der Waals surface area contributed by atoms with Crippen molar-refractivity contribution < 1.29 is 14.7 Å². The highest BCUT2D eigenvalue weighted by atomic mass is 16.4. The minimum Gasteiger partial charge on any atom is -0.480 e. The van der Waals surface area contributed by atoms with Crippen LogP contribution >= 0.6 is 0 Å². The van der Waals surface area contributed by atoms with Crippen LogP contribution in [-0.2, 0) is 16.1 Å². The number of carboxylic acid groups (broad SMARTS) is 1. The lowest BCUT2D eigenvalue weighted by atomic mass is 10.0. The zero-order valence-electron chi connectivity index (χ0n) is 10.4. The Bertz CT molecular complexity index is 453. The van der Waals surface area contributed by atoms with Crippen LogP contribution in [0.15, 0.2) is 24.3 Å². The van der Waals surface area contributed by atoms with Crippen molar-refractivity contribution in [1.82, 2.24) is 4.90 Å². The lowest BCUT2D eigenvalue weighted by molar-refractivity contribution is -0.153. The molecule has 1 aromatic carbocycles. The van der Waals surface area contributed by atoms with Crippen molar-refractivity contribution in [2.45, 2.75) is 38.8 Å². The van der Waals surface area contributed by atoms with E-state index >= 15 is 0 Å². The van der Waals surface area contributed by atoms with Gasteiger partial charge in [-0.25, -0.2) is 4.79 Å². The Kier molecular flexibility index (Phi) is 3.65. The van der Waals surface area contributed by atoms with Gasteiger partial charge in [0.25, 0.3) is 0 Å². The molecule has 1 saturated heterocycles. The van der Waals surface area contributed by atoms with Gasteiger partial charge in [0, 0.05) is 13.0 Å². The van der Waals surface area contributed by atoms with Crippen LogP contribution in [0.4, 0.5) is 0 Å². The van der Waals surface area contributed by atoms with E-state index in [9.17, 15) is 9.59 Å². The Labute approximate surface area is 106 Å². The van der Waals surface area contributed by atoms with Gasteiger partial charge in [0.1, 0.15) is 6.04 Å². The Morgan fingerprint density at radius 3 is 2.67 bits per heavy atom. The van der Waals surface area contributed by atoms with E-state index in [-0.39, 0.29) is 5.91 Å². The normalized spacial score (nSPS) is 19.9. The van der Waals surface area contributed by atoms with Gasteiger partial charge in [-0.2, -0.15) is 0 Å². The summed E-state index contributed by atoms with van der Waals surface area (Å²) in [6, 6.07) is 7.15. The van der Waals surface area contributed by atoms with Crippen molar-refractivity contribution in [3.8, 4) is 0 Å². The number of rotatable bonds is 3. The number of hydrogen-bond donors (Lipinski definition) is 1. The summed E-state index contributed by atoms with van der Waals surface area (Å²) in [7, 11) is 0. The zero-order chi connectivity index (χ0) is 13.1. The lowest BCUT2D eigenvalue weighted by Crippen LogP contribution is -2.47. The molecule has 96 valence electrons. The van der Waals surface area contributed by atoms with Gasteiger partial charge in [-0.15, -0.1) is 0 Å². The number of aryl methyl sites for hydroxylation is 1. The lowest BCUT2D eigenvalue weighted by Gasteiger charge is -2.33. The summed E-state index contributed by atoms with van der Waals surface area (Å²) < 4.78 is 0. The van der Waals surface area contributed by atoms with Crippen molar-refractivity contribution in [3.63, 3.8) is 0 Å². The molecule has 0 aromatic heterocycles. The second kappa shape index (κ2) is 5.21. The van der Waals surface area contributed by atoms with Crippen LogP contribution in [0.2, 0.25) is 0 Å². The average Bonchev–Trinajstić information content (AvgIpc) is 2.34. The summed E-state index contributed by atoms with van der Waals surface area (Å²) in [5.74, 6) is -0.968. The van der Waals surface area contributed by atoms with E-state index in [0.717, 1.165) is 11.1 Å². The molecule has 0 unspecified atom stereocenters.